The van der Waals surface area contributed by atoms with Gasteiger partial charge >= 0.3 is 0 Å². The summed E-state index contributed by atoms with van der Waals surface area (Å²) in [6.45, 7) is 3.74. The first-order valence-corrected chi connectivity index (χ1v) is 6.43. The first kappa shape index (κ1) is 13.7. The lowest BCUT2D eigenvalue weighted by molar-refractivity contribution is 0.0943. The van der Waals surface area contributed by atoms with E-state index >= 15 is 0 Å². The van der Waals surface area contributed by atoms with Gasteiger partial charge in [-0.2, -0.15) is 0 Å². The number of carbonyl (C=O) groups is 1. The maximum absolute atomic E-state index is 13.7. The van der Waals surface area contributed by atoms with E-state index in [0.717, 1.165) is 5.69 Å². The summed E-state index contributed by atoms with van der Waals surface area (Å²) in [5.74, 6) is 0.0173. The summed E-state index contributed by atoms with van der Waals surface area (Å²) in [5.41, 5.74) is 0.757. The number of halogens is 2. The number of nitrogens with zero attached hydrogens (tertiary/aromatic N) is 1. The summed E-state index contributed by atoms with van der Waals surface area (Å²) < 4.78 is 19.3. The summed E-state index contributed by atoms with van der Waals surface area (Å²) in [4.78, 5) is 16.0. The molecule has 0 atom stereocenters. The summed E-state index contributed by atoms with van der Waals surface area (Å²) in [7, 11) is 0. The third-order valence-corrected chi connectivity index (χ3v) is 3.28. The topological polar surface area (TPSA) is 55.1 Å². The molecule has 0 unspecified atom stereocenters. The molecule has 0 aliphatic rings. The predicted octanol–water partition coefficient (Wildman–Crippen LogP) is 3.12. The molecule has 1 aromatic carbocycles. The Balaban J connectivity index is 2.07. The van der Waals surface area contributed by atoms with Crippen molar-refractivity contribution >= 4 is 21.8 Å². The smallest absolute Gasteiger partial charge is 0.254 e. The molecule has 0 spiro atoms. The average molecular weight is 327 g/mol. The Morgan fingerprint density at radius 1 is 1.47 bits per heavy atom. The molecule has 2 aromatic rings. The van der Waals surface area contributed by atoms with E-state index < -0.39 is 11.7 Å². The lowest BCUT2D eigenvalue weighted by atomic mass is 10.2. The molecular weight excluding hydrogens is 315 g/mol. The van der Waals surface area contributed by atoms with Gasteiger partial charge < -0.3 is 9.73 Å². The number of hydrogen-bond acceptors (Lipinski definition) is 3. The fourth-order valence-electron chi connectivity index (χ4n) is 1.55. The molecule has 2 rings (SSSR count). The number of hydrogen-bond donors (Lipinski definition) is 1. The standard InChI is InChI=1S/C13H12BrFN2O2/c1-7-8(2)19-11(17-7)6-16-13(18)9-4-3-5-10(14)12(9)15/h3-5H,6H2,1-2H3,(H,16,18). The van der Waals surface area contributed by atoms with Gasteiger partial charge in [-0.05, 0) is 41.9 Å². The molecule has 0 radical (unpaired) electrons. The van der Waals surface area contributed by atoms with Gasteiger partial charge in [0.05, 0.1) is 22.3 Å². The molecule has 0 aliphatic carbocycles. The van der Waals surface area contributed by atoms with Gasteiger partial charge in [0.1, 0.15) is 11.6 Å². The monoisotopic (exact) mass is 326 g/mol. The van der Waals surface area contributed by atoms with Crippen LogP contribution in [0.1, 0.15) is 27.7 Å². The quantitative estimate of drug-likeness (QED) is 0.942. The molecule has 0 aliphatic heterocycles. The number of rotatable bonds is 3. The SMILES string of the molecule is Cc1nc(CNC(=O)c2cccc(Br)c2F)oc1C. The number of carbonyl (C=O) groups excluding carboxylic acids is 1. The van der Waals surface area contributed by atoms with E-state index in [4.69, 9.17) is 4.42 Å². The van der Waals surface area contributed by atoms with Crippen molar-refractivity contribution in [3.63, 3.8) is 0 Å². The van der Waals surface area contributed by atoms with E-state index in [2.05, 4.69) is 26.2 Å². The van der Waals surface area contributed by atoms with Crippen LogP contribution in [0.3, 0.4) is 0 Å². The van der Waals surface area contributed by atoms with Gasteiger partial charge in [-0.25, -0.2) is 9.37 Å². The van der Waals surface area contributed by atoms with Crippen LogP contribution >= 0.6 is 15.9 Å². The molecule has 100 valence electrons. The number of benzene rings is 1. The van der Waals surface area contributed by atoms with Crippen molar-refractivity contribution in [2.75, 3.05) is 0 Å². The van der Waals surface area contributed by atoms with Crippen molar-refractivity contribution in [2.45, 2.75) is 20.4 Å². The highest BCUT2D eigenvalue weighted by Crippen LogP contribution is 2.18. The number of aryl methyl sites for hydroxylation is 2. The predicted molar refractivity (Wildman–Crippen MR) is 71.2 cm³/mol. The molecule has 0 bridgehead atoms. The third kappa shape index (κ3) is 3.01. The maximum Gasteiger partial charge on any atom is 0.254 e. The largest absolute Gasteiger partial charge is 0.444 e. The summed E-state index contributed by atoms with van der Waals surface area (Å²) in [6.07, 6.45) is 0. The fraction of sp³-hybridized carbons (Fsp3) is 0.231. The summed E-state index contributed by atoms with van der Waals surface area (Å²) in [5, 5.41) is 2.57. The Morgan fingerprint density at radius 3 is 2.84 bits per heavy atom. The van der Waals surface area contributed by atoms with Gasteiger partial charge in [0.15, 0.2) is 0 Å². The zero-order valence-corrected chi connectivity index (χ0v) is 12.0. The van der Waals surface area contributed by atoms with E-state index in [1.165, 1.54) is 12.1 Å². The minimum atomic E-state index is -0.584. The Kier molecular flexibility index (Phi) is 3.99. The lowest BCUT2D eigenvalue weighted by Crippen LogP contribution is -2.24. The Labute approximate surface area is 118 Å². The normalized spacial score (nSPS) is 10.5. The van der Waals surface area contributed by atoms with Gasteiger partial charge in [0.2, 0.25) is 5.89 Å². The van der Waals surface area contributed by atoms with Crippen LogP contribution in [-0.4, -0.2) is 10.9 Å². The molecule has 0 saturated heterocycles. The van der Waals surface area contributed by atoms with Crippen LogP contribution in [0.15, 0.2) is 27.1 Å². The van der Waals surface area contributed by atoms with Crippen LogP contribution in [0.4, 0.5) is 4.39 Å². The molecular formula is C13H12BrFN2O2. The Hall–Kier alpha value is -1.69. The molecule has 0 saturated carbocycles. The molecule has 4 nitrogen and oxygen atoms in total. The number of oxazole rings is 1. The highest BCUT2D eigenvalue weighted by atomic mass is 79.9. The van der Waals surface area contributed by atoms with E-state index in [0.29, 0.717) is 11.7 Å². The second kappa shape index (κ2) is 5.52. The summed E-state index contributed by atoms with van der Waals surface area (Å²) >= 11 is 3.04. The van der Waals surface area contributed by atoms with Crippen molar-refractivity contribution in [3.8, 4) is 0 Å². The van der Waals surface area contributed by atoms with Crippen molar-refractivity contribution < 1.29 is 13.6 Å². The molecule has 1 amide bonds. The second-order valence-corrected chi connectivity index (χ2v) is 4.89. The van der Waals surface area contributed by atoms with Crippen LogP contribution in [0.2, 0.25) is 0 Å². The van der Waals surface area contributed by atoms with E-state index in [9.17, 15) is 9.18 Å². The van der Waals surface area contributed by atoms with Gasteiger partial charge in [0.25, 0.3) is 5.91 Å². The zero-order chi connectivity index (χ0) is 14.0. The molecule has 0 fully saturated rings. The number of amides is 1. The minimum Gasteiger partial charge on any atom is -0.444 e. The van der Waals surface area contributed by atoms with Crippen LogP contribution in [0.5, 0.6) is 0 Å². The van der Waals surface area contributed by atoms with Gasteiger partial charge in [0, 0.05) is 0 Å². The van der Waals surface area contributed by atoms with Crippen LogP contribution < -0.4 is 5.32 Å². The fourth-order valence-corrected chi connectivity index (χ4v) is 1.91. The Morgan fingerprint density at radius 2 is 2.21 bits per heavy atom. The van der Waals surface area contributed by atoms with Gasteiger partial charge in [-0.15, -0.1) is 0 Å². The lowest BCUT2D eigenvalue weighted by Gasteiger charge is -2.05. The highest BCUT2D eigenvalue weighted by Gasteiger charge is 2.14. The molecule has 1 N–H and O–H groups in total. The first-order chi connectivity index (χ1) is 8.99. The number of aromatic nitrogens is 1. The van der Waals surface area contributed by atoms with Crippen LogP contribution in [0.25, 0.3) is 0 Å². The number of nitrogens with one attached hydrogen (secondary N) is 1. The summed E-state index contributed by atoms with van der Waals surface area (Å²) in [6, 6.07) is 4.55. The van der Waals surface area contributed by atoms with Crippen molar-refractivity contribution in [1.82, 2.24) is 10.3 Å². The van der Waals surface area contributed by atoms with Crippen LogP contribution in [-0.2, 0) is 6.54 Å². The van der Waals surface area contributed by atoms with Crippen molar-refractivity contribution in [1.29, 1.82) is 0 Å². The van der Waals surface area contributed by atoms with E-state index in [1.807, 2.05) is 6.92 Å². The van der Waals surface area contributed by atoms with E-state index in [-0.39, 0.29) is 16.6 Å². The Bertz CT molecular complexity index is 606. The molecule has 6 heteroatoms. The highest BCUT2D eigenvalue weighted by molar-refractivity contribution is 9.10. The van der Waals surface area contributed by atoms with E-state index in [1.54, 1.807) is 13.0 Å². The zero-order valence-electron chi connectivity index (χ0n) is 10.5. The second-order valence-electron chi connectivity index (χ2n) is 4.03. The third-order valence-electron chi connectivity index (χ3n) is 2.67. The van der Waals surface area contributed by atoms with Crippen LogP contribution in [0, 0.1) is 19.7 Å². The minimum absolute atomic E-state index is 0.0191. The maximum atomic E-state index is 13.7. The van der Waals surface area contributed by atoms with Crippen molar-refractivity contribution in [2.24, 2.45) is 0 Å². The van der Waals surface area contributed by atoms with Crippen molar-refractivity contribution in [3.05, 3.63) is 51.4 Å². The molecule has 1 heterocycles. The van der Waals surface area contributed by atoms with Gasteiger partial charge in [-0.3, -0.25) is 4.79 Å². The first-order valence-electron chi connectivity index (χ1n) is 5.64. The van der Waals surface area contributed by atoms with Gasteiger partial charge in [-0.1, -0.05) is 6.07 Å². The average Bonchev–Trinajstić information content (AvgIpc) is 2.69. The molecule has 19 heavy (non-hydrogen) atoms. The molecule has 1 aromatic heterocycles.